The van der Waals surface area contributed by atoms with Crippen LogP contribution < -0.4 is 0 Å². The Labute approximate surface area is 82.2 Å². The van der Waals surface area contributed by atoms with Crippen LogP contribution in [0, 0.1) is 0 Å². The van der Waals surface area contributed by atoms with Crippen LogP contribution in [0.3, 0.4) is 0 Å². The molecule has 9 heteroatoms. The maximum absolute atomic E-state index is 9.77. The van der Waals surface area contributed by atoms with Crippen molar-refractivity contribution in [1.29, 1.82) is 0 Å². The average Bonchev–Trinajstić information content (AvgIpc) is 2.16. The van der Waals surface area contributed by atoms with Gasteiger partial charge in [0, 0.05) is 0 Å². The molecule has 0 aliphatic rings. The molecule has 2 unspecified atom stereocenters. The van der Waals surface area contributed by atoms with Crippen molar-refractivity contribution in [2.45, 2.75) is 12.2 Å². The zero-order valence-electron chi connectivity index (χ0n) is 7.10. The Hall–Kier alpha value is -2.00. The molecule has 0 rings (SSSR count). The molecule has 2 atom stereocenters. The molecule has 0 saturated carbocycles. The highest BCUT2D eigenvalue weighted by atomic mass is 16.4. The molecule has 86 valence electrons. The summed E-state index contributed by atoms with van der Waals surface area (Å²) >= 11 is 0. The molecule has 5 N–H and O–H groups in total. The maximum Gasteiger partial charge on any atom is 0.368 e. The average molecular weight is 224 g/mol. The molecule has 0 spiro atoms. The zero-order chi connectivity index (χ0) is 12.6. The summed E-state index contributed by atoms with van der Waals surface area (Å²) in [6, 6.07) is 0. The highest BCUT2D eigenvalue weighted by Gasteiger charge is 2.29. The van der Waals surface area contributed by atoms with Gasteiger partial charge in [0.2, 0.25) is 6.29 Å². The predicted molar refractivity (Wildman–Crippen MR) is 41.0 cm³/mol. The van der Waals surface area contributed by atoms with E-state index in [1.54, 1.807) is 0 Å². The monoisotopic (exact) mass is 224 g/mol. The first kappa shape index (κ1) is 15.5. The second-order valence-electron chi connectivity index (χ2n) is 2.02. The van der Waals surface area contributed by atoms with Crippen molar-refractivity contribution in [3.63, 3.8) is 0 Å². The number of carboxylic acids is 3. The van der Waals surface area contributed by atoms with Gasteiger partial charge in [-0.05, 0) is 0 Å². The van der Waals surface area contributed by atoms with Crippen LogP contribution in [-0.4, -0.2) is 61.9 Å². The zero-order valence-corrected chi connectivity index (χ0v) is 7.10. The van der Waals surface area contributed by atoms with Gasteiger partial charge in [-0.3, -0.25) is 4.79 Å². The fourth-order valence-electron chi connectivity index (χ4n) is 0.270. The molecule has 0 aliphatic heterocycles. The molecule has 15 heavy (non-hydrogen) atoms. The molecule has 0 heterocycles. The number of carbonyl (C=O) groups is 4. The Morgan fingerprint density at radius 3 is 1.13 bits per heavy atom. The van der Waals surface area contributed by atoms with E-state index in [1.807, 2.05) is 0 Å². The first-order valence-corrected chi connectivity index (χ1v) is 3.23. The van der Waals surface area contributed by atoms with E-state index in [4.69, 9.17) is 35.1 Å². The lowest BCUT2D eigenvalue weighted by Crippen LogP contribution is -2.39. The van der Waals surface area contributed by atoms with Crippen LogP contribution in [-0.2, 0) is 19.2 Å². The molecule has 0 radical (unpaired) electrons. The van der Waals surface area contributed by atoms with Crippen molar-refractivity contribution in [3.8, 4) is 0 Å². The Kier molecular flexibility index (Phi) is 7.64. The topological polar surface area (TPSA) is 169 Å². The van der Waals surface area contributed by atoms with Crippen LogP contribution >= 0.6 is 0 Å². The van der Waals surface area contributed by atoms with E-state index in [0.29, 0.717) is 0 Å². The van der Waals surface area contributed by atoms with Gasteiger partial charge in [0.25, 0.3) is 0 Å². The van der Waals surface area contributed by atoms with Gasteiger partial charge in [-0.1, -0.05) is 0 Å². The lowest BCUT2D eigenvalue weighted by molar-refractivity contribution is -0.165. The minimum absolute atomic E-state index is 0.167. The molecule has 9 nitrogen and oxygen atoms in total. The summed E-state index contributed by atoms with van der Waals surface area (Å²) in [5.74, 6) is -4.96. The van der Waals surface area contributed by atoms with E-state index in [0.717, 1.165) is 0 Å². The SMILES string of the molecule is O=C(O)C(O)C(O)C(=O)O.O=CC(=O)O. The molecular weight excluding hydrogens is 216 g/mol. The van der Waals surface area contributed by atoms with Gasteiger partial charge < -0.3 is 25.5 Å². The number of aliphatic carboxylic acids is 3. The highest BCUT2D eigenvalue weighted by molar-refractivity contribution is 6.19. The van der Waals surface area contributed by atoms with Gasteiger partial charge in [0.1, 0.15) is 0 Å². The minimum Gasteiger partial charge on any atom is -0.479 e. The van der Waals surface area contributed by atoms with Crippen LogP contribution in [0.4, 0.5) is 0 Å². The van der Waals surface area contributed by atoms with Crippen molar-refractivity contribution < 1.29 is 44.7 Å². The van der Waals surface area contributed by atoms with Gasteiger partial charge in [-0.2, -0.15) is 0 Å². The van der Waals surface area contributed by atoms with E-state index >= 15 is 0 Å². The molecule has 0 bridgehead atoms. The first-order chi connectivity index (χ1) is 6.73. The quantitative estimate of drug-likeness (QED) is 0.249. The smallest absolute Gasteiger partial charge is 0.368 e. The molecule has 0 fully saturated rings. The number of hydrogen-bond donors (Lipinski definition) is 5. The Bertz CT molecular complexity index is 239. The van der Waals surface area contributed by atoms with Gasteiger partial charge in [0.05, 0.1) is 0 Å². The summed E-state index contributed by atoms with van der Waals surface area (Å²) in [5, 5.41) is 39.9. The highest BCUT2D eigenvalue weighted by Crippen LogP contribution is 1.92. The fraction of sp³-hybridized carbons (Fsp3) is 0.333. The van der Waals surface area contributed by atoms with E-state index < -0.39 is 30.1 Å². The van der Waals surface area contributed by atoms with Crippen LogP contribution in [0.1, 0.15) is 0 Å². The summed E-state index contributed by atoms with van der Waals surface area (Å²) in [4.78, 5) is 37.4. The van der Waals surface area contributed by atoms with Crippen molar-refractivity contribution in [3.05, 3.63) is 0 Å². The third-order valence-corrected chi connectivity index (χ3v) is 0.906. The lowest BCUT2D eigenvalue weighted by Gasteiger charge is -2.07. The summed E-state index contributed by atoms with van der Waals surface area (Å²) in [5.41, 5.74) is 0. The molecule has 0 saturated heterocycles. The number of aldehydes is 1. The summed E-state index contributed by atoms with van der Waals surface area (Å²) in [6.07, 6.45) is -4.70. The number of carbonyl (C=O) groups excluding carboxylic acids is 1. The Morgan fingerprint density at radius 1 is 0.867 bits per heavy atom. The van der Waals surface area contributed by atoms with Gasteiger partial charge in [0.15, 0.2) is 12.2 Å². The second-order valence-corrected chi connectivity index (χ2v) is 2.02. The van der Waals surface area contributed by atoms with Crippen LogP contribution in [0.2, 0.25) is 0 Å². The molecule has 0 aromatic rings. The molecule has 0 aromatic carbocycles. The van der Waals surface area contributed by atoms with Crippen molar-refractivity contribution in [2.24, 2.45) is 0 Å². The summed E-state index contributed by atoms with van der Waals surface area (Å²) < 4.78 is 0. The largest absolute Gasteiger partial charge is 0.479 e. The second kappa shape index (κ2) is 7.41. The third-order valence-electron chi connectivity index (χ3n) is 0.906. The fourth-order valence-corrected chi connectivity index (χ4v) is 0.270. The number of rotatable bonds is 4. The molecule has 0 amide bonds. The van der Waals surface area contributed by atoms with Crippen LogP contribution in [0.25, 0.3) is 0 Å². The molecule has 0 aliphatic carbocycles. The number of aliphatic hydroxyl groups excluding tert-OH is 2. The lowest BCUT2D eigenvalue weighted by atomic mass is 10.2. The van der Waals surface area contributed by atoms with Gasteiger partial charge in [-0.15, -0.1) is 0 Å². The van der Waals surface area contributed by atoms with E-state index in [-0.39, 0.29) is 6.29 Å². The minimum atomic E-state index is -2.27. The Balaban J connectivity index is 0. The third kappa shape index (κ3) is 8.33. The maximum atomic E-state index is 9.77. The van der Waals surface area contributed by atoms with Gasteiger partial charge in [-0.25, -0.2) is 14.4 Å². The van der Waals surface area contributed by atoms with Crippen LogP contribution in [0.15, 0.2) is 0 Å². The number of hydrogen-bond acceptors (Lipinski definition) is 6. The van der Waals surface area contributed by atoms with E-state index in [2.05, 4.69) is 0 Å². The normalized spacial score (nSPS) is 12.7. The summed E-state index contributed by atoms with van der Waals surface area (Å²) in [6.45, 7) is 0. The van der Waals surface area contributed by atoms with E-state index in [9.17, 15) is 9.59 Å². The molecule has 0 aromatic heterocycles. The predicted octanol–water partition coefficient (Wildman–Crippen LogP) is -2.85. The number of carboxylic acid groups (broad SMARTS) is 3. The Morgan fingerprint density at radius 2 is 1.07 bits per heavy atom. The van der Waals surface area contributed by atoms with E-state index in [1.165, 1.54) is 0 Å². The number of aliphatic hydroxyl groups is 2. The first-order valence-electron chi connectivity index (χ1n) is 3.23. The van der Waals surface area contributed by atoms with Crippen molar-refractivity contribution in [2.75, 3.05) is 0 Å². The standard InChI is InChI=1S/C4H6O6.C2H2O3/c5-1(3(7)8)2(6)4(9)10;3-1-2(4)5/h1-2,5-6H,(H,7,8)(H,9,10);1H,(H,4,5). The van der Waals surface area contributed by atoms with Crippen molar-refractivity contribution >= 4 is 24.2 Å². The molecular formula is C6H8O9. The van der Waals surface area contributed by atoms with Crippen molar-refractivity contribution in [1.82, 2.24) is 0 Å². The van der Waals surface area contributed by atoms with Crippen LogP contribution in [0.5, 0.6) is 0 Å². The summed E-state index contributed by atoms with van der Waals surface area (Å²) in [7, 11) is 0. The van der Waals surface area contributed by atoms with Gasteiger partial charge >= 0.3 is 17.9 Å².